The van der Waals surface area contributed by atoms with Crippen LogP contribution in [0.25, 0.3) is 0 Å². The number of methoxy groups -OCH3 is 1. The van der Waals surface area contributed by atoms with Gasteiger partial charge in [-0.05, 0) is 39.2 Å². The van der Waals surface area contributed by atoms with Crippen molar-refractivity contribution in [2.24, 2.45) is 10.8 Å². The maximum absolute atomic E-state index is 12.0. The fourth-order valence-electron chi connectivity index (χ4n) is 2.11. The van der Waals surface area contributed by atoms with Crippen LogP contribution in [0.4, 0.5) is 4.79 Å². The zero-order chi connectivity index (χ0) is 19.6. The zero-order valence-electron chi connectivity index (χ0n) is 14.6. The molecule has 3 amide bonds. The highest BCUT2D eigenvalue weighted by atomic mass is 79.9. The van der Waals surface area contributed by atoms with Crippen LogP contribution < -0.4 is 25.9 Å². The summed E-state index contributed by atoms with van der Waals surface area (Å²) in [5.74, 6) is 0.525. The van der Waals surface area contributed by atoms with Crippen LogP contribution in [0.3, 0.4) is 0 Å². The number of hydrogen-bond acceptors (Lipinski definition) is 5. The molecule has 0 aliphatic heterocycles. The number of amides is 3. The Kier molecular flexibility index (Phi) is 7.63. The smallest absolute Gasteiger partial charge is 0.332 e. The fourth-order valence-corrected chi connectivity index (χ4v) is 2.68. The molecule has 0 spiro atoms. The van der Waals surface area contributed by atoms with Crippen molar-refractivity contribution in [2.45, 2.75) is 6.54 Å². The Balaban J connectivity index is 1.97. The largest absolute Gasteiger partial charge is 0.493 e. The van der Waals surface area contributed by atoms with E-state index < -0.39 is 6.03 Å². The quantitative estimate of drug-likeness (QED) is 0.435. The van der Waals surface area contributed by atoms with E-state index in [2.05, 4.69) is 31.8 Å². The van der Waals surface area contributed by atoms with E-state index in [0.29, 0.717) is 28.1 Å². The number of benzene rings is 2. The van der Waals surface area contributed by atoms with E-state index in [1.165, 1.54) is 13.3 Å². The molecule has 0 heterocycles. The minimum absolute atomic E-state index is 0.168. The van der Waals surface area contributed by atoms with E-state index in [0.717, 1.165) is 5.56 Å². The molecule has 0 aliphatic carbocycles. The Hall–Kier alpha value is -3.07. The van der Waals surface area contributed by atoms with Crippen LogP contribution >= 0.6 is 15.9 Å². The Labute approximate surface area is 164 Å². The number of nitrogens with one attached hydrogen (secondary N) is 2. The van der Waals surface area contributed by atoms with Gasteiger partial charge in [0, 0.05) is 6.54 Å². The summed E-state index contributed by atoms with van der Waals surface area (Å²) in [7, 11) is 1.48. The molecule has 8 nitrogen and oxygen atoms in total. The molecule has 0 aliphatic rings. The number of primary amides is 1. The van der Waals surface area contributed by atoms with Gasteiger partial charge in [-0.15, -0.1) is 0 Å². The minimum Gasteiger partial charge on any atom is -0.493 e. The van der Waals surface area contributed by atoms with Crippen LogP contribution in [0, 0.1) is 0 Å². The normalized spacial score (nSPS) is 10.4. The second kappa shape index (κ2) is 10.2. The van der Waals surface area contributed by atoms with E-state index in [-0.39, 0.29) is 12.5 Å². The molecule has 0 fully saturated rings. The third-order valence-corrected chi connectivity index (χ3v) is 3.91. The summed E-state index contributed by atoms with van der Waals surface area (Å²) in [6.07, 6.45) is 1.40. The summed E-state index contributed by atoms with van der Waals surface area (Å²) in [4.78, 5) is 22.6. The predicted molar refractivity (Wildman–Crippen MR) is 105 cm³/mol. The summed E-state index contributed by atoms with van der Waals surface area (Å²) in [6, 6.07) is 12.2. The second-order valence-electron chi connectivity index (χ2n) is 5.32. The molecule has 0 saturated carbocycles. The Morgan fingerprint density at radius 1 is 1.26 bits per heavy atom. The molecule has 0 atom stereocenters. The van der Waals surface area contributed by atoms with Crippen molar-refractivity contribution in [3.05, 3.63) is 58.1 Å². The van der Waals surface area contributed by atoms with Gasteiger partial charge >= 0.3 is 6.03 Å². The van der Waals surface area contributed by atoms with Gasteiger partial charge in [-0.25, -0.2) is 10.2 Å². The molecule has 2 aromatic rings. The monoisotopic (exact) mass is 434 g/mol. The lowest BCUT2D eigenvalue weighted by atomic mass is 10.2. The molecule has 2 aromatic carbocycles. The number of nitrogens with two attached hydrogens (primary N) is 1. The number of carbonyl (C=O) groups is 2. The topological polar surface area (TPSA) is 115 Å². The van der Waals surface area contributed by atoms with Crippen molar-refractivity contribution >= 4 is 34.1 Å². The third-order valence-electron chi connectivity index (χ3n) is 3.32. The van der Waals surface area contributed by atoms with E-state index >= 15 is 0 Å². The molecule has 0 radical (unpaired) electrons. The molecule has 27 heavy (non-hydrogen) atoms. The summed E-state index contributed by atoms with van der Waals surface area (Å²) in [5, 5.41) is 6.47. The van der Waals surface area contributed by atoms with Crippen molar-refractivity contribution < 1.29 is 19.1 Å². The maximum Gasteiger partial charge on any atom is 0.332 e. The van der Waals surface area contributed by atoms with Gasteiger partial charge in [-0.3, -0.25) is 4.79 Å². The Morgan fingerprint density at radius 3 is 2.67 bits per heavy atom. The first-order chi connectivity index (χ1) is 13.0. The molecule has 0 bridgehead atoms. The number of urea groups is 1. The number of hydrogen-bond donors (Lipinski definition) is 3. The van der Waals surface area contributed by atoms with Crippen LogP contribution in [-0.2, 0) is 11.3 Å². The molecule has 0 unspecified atom stereocenters. The van der Waals surface area contributed by atoms with Crippen molar-refractivity contribution in [1.29, 1.82) is 0 Å². The summed E-state index contributed by atoms with van der Waals surface area (Å²) in [5.41, 5.74) is 8.67. The van der Waals surface area contributed by atoms with Crippen LogP contribution in [0.5, 0.6) is 11.5 Å². The molecular formula is C18H19BrN4O4. The van der Waals surface area contributed by atoms with Crippen LogP contribution in [0.1, 0.15) is 11.1 Å². The first-order valence-corrected chi connectivity index (χ1v) is 8.68. The highest BCUT2D eigenvalue weighted by Gasteiger charge is 2.13. The van der Waals surface area contributed by atoms with E-state index in [1.54, 1.807) is 12.1 Å². The number of carbonyl (C=O) groups excluding carboxylic acids is 2. The summed E-state index contributed by atoms with van der Waals surface area (Å²) >= 11 is 3.38. The second-order valence-corrected chi connectivity index (χ2v) is 6.17. The highest BCUT2D eigenvalue weighted by Crippen LogP contribution is 2.36. The average Bonchev–Trinajstić information content (AvgIpc) is 2.65. The number of nitrogens with zero attached hydrogens (tertiary/aromatic N) is 1. The fraction of sp³-hybridized carbons (Fsp3) is 0.167. The van der Waals surface area contributed by atoms with Gasteiger partial charge in [-0.1, -0.05) is 30.3 Å². The molecule has 0 aromatic heterocycles. The lowest BCUT2D eigenvalue weighted by Gasteiger charge is -2.13. The number of ether oxygens (including phenoxy) is 2. The van der Waals surface area contributed by atoms with Crippen molar-refractivity contribution in [2.75, 3.05) is 13.7 Å². The molecular weight excluding hydrogens is 416 g/mol. The number of rotatable bonds is 8. The van der Waals surface area contributed by atoms with Crippen molar-refractivity contribution in [1.82, 2.24) is 10.7 Å². The third kappa shape index (κ3) is 6.63. The molecule has 142 valence electrons. The standard InChI is InChI=1S/C18H19BrN4O4/c1-26-15-8-13(10-22-23-18(20)25)7-14(19)17(15)27-11-16(24)21-9-12-5-3-2-4-6-12/h2-8,10H,9,11H2,1H3,(H,21,24)(H3,20,23,25). The van der Waals surface area contributed by atoms with Crippen molar-refractivity contribution in [3.63, 3.8) is 0 Å². The number of hydrazone groups is 1. The van der Waals surface area contributed by atoms with E-state index in [9.17, 15) is 9.59 Å². The first kappa shape index (κ1) is 20.2. The number of halogens is 1. The van der Waals surface area contributed by atoms with Gasteiger partial charge in [-0.2, -0.15) is 5.10 Å². The lowest BCUT2D eigenvalue weighted by molar-refractivity contribution is -0.123. The van der Waals surface area contributed by atoms with E-state index in [4.69, 9.17) is 15.2 Å². The SMILES string of the molecule is COc1cc(C=NNC(N)=O)cc(Br)c1OCC(=O)NCc1ccccc1. The maximum atomic E-state index is 12.0. The molecule has 0 saturated heterocycles. The van der Waals surface area contributed by atoms with Gasteiger partial charge in [0.15, 0.2) is 18.1 Å². The summed E-state index contributed by atoms with van der Waals surface area (Å²) < 4.78 is 11.5. The van der Waals surface area contributed by atoms with Gasteiger partial charge < -0.3 is 20.5 Å². The lowest BCUT2D eigenvalue weighted by Crippen LogP contribution is -2.28. The van der Waals surface area contributed by atoms with E-state index in [1.807, 2.05) is 30.3 Å². The van der Waals surface area contributed by atoms with Crippen LogP contribution in [-0.4, -0.2) is 31.9 Å². The summed E-state index contributed by atoms with van der Waals surface area (Å²) in [6.45, 7) is 0.252. The van der Waals surface area contributed by atoms with Gasteiger partial charge in [0.2, 0.25) is 0 Å². The van der Waals surface area contributed by atoms with Gasteiger partial charge in [0.25, 0.3) is 5.91 Å². The van der Waals surface area contributed by atoms with Crippen molar-refractivity contribution in [3.8, 4) is 11.5 Å². The van der Waals surface area contributed by atoms with Crippen LogP contribution in [0.15, 0.2) is 52.0 Å². The minimum atomic E-state index is -0.765. The highest BCUT2D eigenvalue weighted by molar-refractivity contribution is 9.10. The zero-order valence-corrected chi connectivity index (χ0v) is 16.2. The average molecular weight is 435 g/mol. The van der Waals surface area contributed by atoms with Crippen LogP contribution in [0.2, 0.25) is 0 Å². The Morgan fingerprint density at radius 2 is 2.00 bits per heavy atom. The van der Waals surface area contributed by atoms with Gasteiger partial charge in [0.1, 0.15) is 0 Å². The molecule has 2 rings (SSSR count). The molecule has 9 heteroatoms. The Bertz CT molecular complexity index is 828. The first-order valence-electron chi connectivity index (χ1n) is 7.89. The predicted octanol–water partition coefficient (Wildman–Crippen LogP) is 2.16. The van der Waals surface area contributed by atoms with Gasteiger partial charge in [0.05, 0.1) is 17.8 Å². The molecule has 4 N–H and O–H groups in total.